The highest BCUT2D eigenvalue weighted by atomic mass is 35.5. The normalized spacial score (nSPS) is 11.2. The molecule has 0 spiro atoms. The van der Waals surface area contributed by atoms with E-state index in [0.717, 1.165) is 11.2 Å². The molecule has 0 fully saturated rings. The molecule has 1 nitrogen and oxygen atoms in total. The van der Waals surface area contributed by atoms with Gasteiger partial charge in [0.2, 0.25) is 0 Å². The molecule has 0 N–H and O–H groups in total. The number of aryl methyl sites for hydroxylation is 1. The summed E-state index contributed by atoms with van der Waals surface area (Å²) in [6, 6.07) is 14.6. The topological polar surface area (TPSA) is 12.9 Å². The van der Waals surface area contributed by atoms with E-state index >= 15 is 0 Å². The second-order valence-corrected chi connectivity index (χ2v) is 4.53. The Hall–Kier alpha value is -1.60. The number of rotatable bonds is 1. The van der Waals surface area contributed by atoms with Crippen molar-refractivity contribution in [1.82, 2.24) is 4.98 Å². The molecule has 84 valence electrons. The van der Waals surface area contributed by atoms with Crippen molar-refractivity contribution >= 4 is 33.3 Å². The minimum absolute atomic E-state index is 0.449. The van der Waals surface area contributed by atoms with Crippen LogP contribution in [-0.4, -0.2) is 4.98 Å². The van der Waals surface area contributed by atoms with E-state index in [1.807, 2.05) is 18.2 Å². The highest BCUT2D eigenvalue weighted by Crippen LogP contribution is 2.27. The molecule has 0 saturated carbocycles. The Balaban J connectivity index is 2.55. The van der Waals surface area contributed by atoms with Gasteiger partial charge in [-0.05, 0) is 24.4 Å². The fourth-order valence-corrected chi connectivity index (χ4v) is 2.44. The number of benzene rings is 2. The Labute approximate surface area is 105 Å². The molecule has 2 heteroatoms. The zero-order chi connectivity index (χ0) is 11.8. The van der Waals surface area contributed by atoms with Crippen LogP contribution in [0.25, 0.3) is 21.7 Å². The maximum atomic E-state index is 6.00. The van der Waals surface area contributed by atoms with Gasteiger partial charge in [-0.1, -0.05) is 35.9 Å². The molecule has 0 atom stereocenters. The molecule has 0 aliphatic rings. The van der Waals surface area contributed by atoms with Crippen LogP contribution in [0.3, 0.4) is 0 Å². The highest BCUT2D eigenvalue weighted by Gasteiger charge is 2.07. The number of aromatic nitrogens is 1. The van der Waals surface area contributed by atoms with Crippen molar-refractivity contribution in [2.75, 3.05) is 0 Å². The minimum Gasteiger partial charge on any atom is -0.251 e. The summed E-state index contributed by atoms with van der Waals surface area (Å²) in [7, 11) is 0. The van der Waals surface area contributed by atoms with Crippen molar-refractivity contribution in [3.05, 3.63) is 53.7 Å². The Morgan fingerprint density at radius 2 is 1.82 bits per heavy atom. The van der Waals surface area contributed by atoms with E-state index < -0.39 is 0 Å². The van der Waals surface area contributed by atoms with Gasteiger partial charge in [-0.2, -0.15) is 0 Å². The molecule has 0 radical (unpaired) electrons. The number of nitrogens with zero attached hydrogens (tertiary/aromatic N) is 1. The Bertz CT molecular complexity index is 704. The number of hydrogen-bond acceptors (Lipinski definition) is 1. The lowest BCUT2D eigenvalue weighted by Crippen LogP contribution is -1.91. The largest absolute Gasteiger partial charge is 0.251 e. The summed E-state index contributed by atoms with van der Waals surface area (Å²) >= 11 is 6.00. The third-order valence-corrected chi connectivity index (χ3v) is 3.32. The van der Waals surface area contributed by atoms with Crippen molar-refractivity contribution in [3.8, 4) is 0 Å². The van der Waals surface area contributed by atoms with Crippen LogP contribution >= 0.6 is 11.6 Å². The van der Waals surface area contributed by atoms with E-state index in [4.69, 9.17) is 11.6 Å². The Morgan fingerprint density at radius 1 is 1.00 bits per heavy atom. The number of alkyl halides is 1. The van der Waals surface area contributed by atoms with Gasteiger partial charge in [0.05, 0.1) is 17.1 Å². The summed E-state index contributed by atoms with van der Waals surface area (Å²) in [4.78, 5) is 4.63. The van der Waals surface area contributed by atoms with E-state index in [2.05, 4.69) is 36.2 Å². The van der Waals surface area contributed by atoms with Gasteiger partial charge in [0.25, 0.3) is 0 Å². The zero-order valence-corrected chi connectivity index (χ0v) is 10.3. The first-order valence-corrected chi connectivity index (χ1v) is 6.17. The van der Waals surface area contributed by atoms with E-state index in [1.54, 1.807) is 0 Å². The predicted octanol–water partition coefficient (Wildman–Crippen LogP) is 4.44. The SMILES string of the molecule is Cc1ccc2c(c1)c(CCl)nc1ccccc12. The fraction of sp³-hybridized carbons (Fsp3) is 0.133. The lowest BCUT2D eigenvalue weighted by Gasteiger charge is -2.08. The molecular formula is C15H12ClN. The van der Waals surface area contributed by atoms with Crippen LogP contribution in [0, 0.1) is 6.92 Å². The van der Waals surface area contributed by atoms with Crippen molar-refractivity contribution in [1.29, 1.82) is 0 Å². The number of fused-ring (bicyclic) bond motifs is 3. The molecule has 0 aliphatic carbocycles. The van der Waals surface area contributed by atoms with Gasteiger partial charge in [-0.15, -0.1) is 11.6 Å². The van der Waals surface area contributed by atoms with Crippen molar-refractivity contribution in [2.24, 2.45) is 0 Å². The van der Waals surface area contributed by atoms with Crippen LogP contribution in [0.15, 0.2) is 42.5 Å². The number of pyridine rings is 1. The van der Waals surface area contributed by atoms with Gasteiger partial charge in [-0.3, -0.25) is 4.98 Å². The fourth-order valence-electron chi connectivity index (χ4n) is 2.24. The Kier molecular flexibility index (Phi) is 2.49. The lowest BCUT2D eigenvalue weighted by atomic mass is 10.0. The summed E-state index contributed by atoms with van der Waals surface area (Å²) < 4.78 is 0. The molecule has 0 aliphatic heterocycles. The summed E-state index contributed by atoms with van der Waals surface area (Å²) in [5.41, 5.74) is 3.21. The first-order valence-electron chi connectivity index (χ1n) is 5.63. The van der Waals surface area contributed by atoms with Crippen LogP contribution in [0.2, 0.25) is 0 Å². The maximum Gasteiger partial charge on any atom is 0.0712 e. The van der Waals surface area contributed by atoms with Crippen LogP contribution in [0.5, 0.6) is 0 Å². The highest BCUT2D eigenvalue weighted by molar-refractivity contribution is 6.18. The summed E-state index contributed by atoms with van der Waals surface area (Å²) in [6.07, 6.45) is 0. The molecule has 0 amide bonds. The van der Waals surface area contributed by atoms with E-state index in [-0.39, 0.29) is 0 Å². The number of para-hydroxylation sites is 1. The standard InChI is InChI=1S/C15H12ClN/c1-10-6-7-11-12-4-2-3-5-14(12)17-15(9-16)13(11)8-10/h2-8H,9H2,1H3. The second-order valence-electron chi connectivity index (χ2n) is 4.26. The van der Waals surface area contributed by atoms with Gasteiger partial charge in [0.15, 0.2) is 0 Å². The third-order valence-electron chi connectivity index (χ3n) is 3.06. The predicted molar refractivity (Wildman–Crippen MR) is 73.5 cm³/mol. The van der Waals surface area contributed by atoms with Gasteiger partial charge in [0, 0.05) is 10.8 Å². The number of halogens is 1. The average Bonchev–Trinajstić information content (AvgIpc) is 2.37. The minimum atomic E-state index is 0.449. The van der Waals surface area contributed by atoms with Crippen LogP contribution in [0.1, 0.15) is 11.3 Å². The molecular weight excluding hydrogens is 230 g/mol. The average molecular weight is 242 g/mol. The third kappa shape index (κ3) is 1.67. The molecule has 1 heterocycles. The van der Waals surface area contributed by atoms with E-state index in [0.29, 0.717) is 5.88 Å². The van der Waals surface area contributed by atoms with Crippen molar-refractivity contribution < 1.29 is 0 Å². The zero-order valence-electron chi connectivity index (χ0n) is 9.57. The smallest absolute Gasteiger partial charge is 0.0712 e. The molecule has 0 unspecified atom stereocenters. The number of hydrogen-bond donors (Lipinski definition) is 0. The van der Waals surface area contributed by atoms with Crippen LogP contribution in [-0.2, 0) is 5.88 Å². The van der Waals surface area contributed by atoms with Gasteiger partial charge >= 0.3 is 0 Å². The lowest BCUT2D eigenvalue weighted by molar-refractivity contribution is 1.25. The molecule has 17 heavy (non-hydrogen) atoms. The molecule has 3 rings (SSSR count). The monoisotopic (exact) mass is 241 g/mol. The quantitative estimate of drug-likeness (QED) is 0.454. The summed E-state index contributed by atoms with van der Waals surface area (Å²) in [6.45, 7) is 2.09. The van der Waals surface area contributed by atoms with Crippen LogP contribution < -0.4 is 0 Å². The second kappa shape index (κ2) is 4.01. The molecule has 1 aromatic heterocycles. The van der Waals surface area contributed by atoms with Crippen LogP contribution in [0.4, 0.5) is 0 Å². The van der Waals surface area contributed by atoms with Gasteiger partial charge in [0.1, 0.15) is 0 Å². The summed E-state index contributed by atoms with van der Waals surface area (Å²) in [5, 5.41) is 3.59. The van der Waals surface area contributed by atoms with Crippen molar-refractivity contribution in [2.45, 2.75) is 12.8 Å². The van der Waals surface area contributed by atoms with Gasteiger partial charge < -0.3 is 0 Å². The van der Waals surface area contributed by atoms with E-state index in [1.165, 1.54) is 21.7 Å². The van der Waals surface area contributed by atoms with Crippen molar-refractivity contribution in [3.63, 3.8) is 0 Å². The molecule has 0 saturated heterocycles. The first-order chi connectivity index (χ1) is 8.29. The molecule has 3 aromatic rings. The maximum absolute atomic E-state index is 6.00. The van der Waals surface area contributed by atoms with Gasteiger partial charge in [-0.25, -0.2) is 0 Å². The van der Waals surface area contributed by atoms with E-state index in [9.17, 15) is 0 Å². The summed E-state index contributed by atoms with van der Waals surface area (Å²) in [5.74, 6) is 0.449. The Morgan fingerprint density at radius 3 is 2.65 bits per heavy atom. The molecule has 0 bridgehead atoms. The first kappa shape index (κ1) is 10.5. The molecule has 2 aromatic carbocycles.